The van der Waals surface area contributed by atoms with Gasteiger partial charge in [-0.1, -0.05) is 11.6 Å². The Morgan fingerprint density at radius 1 is 1.23 bits per heavy atom. The summed E-state index contributed by atoms with van der Waals surface area (Å²) in [7, 11) is 0. The van der Waals surface area contributed by atoms with Crippen LogP contribution < -0.4 is 15.4 Å². The number of hydrogen-bond donors (Lipinski definition) is 3. The van der Waals surface area contributed by atoms with Crippen molar-refractivity contribution in [2.75, 3.05) is 6.61 Å². The van der Waals surface area contributed by atoms with Crippen molar-refractivity contribution in [1.82, 2.24) is 10.6 Å². The van der Waals surface area contributed by atoms with Crippen molar-refractivity contribution >= 4 is 23.4 Å². The summed E-state index contributed by atoms with van der Waals surface area (Å²) < 4.78 is 5.53. The van der Waals surface area contributed by atoms with Gasteiger partial charge in [0, 0.05) is 17.0 Å². The third kappa shape index (κ3) is 5.11. The molecule has 6 nitrogen and oxygen atoms in total. The van der Waals surface area contributed by atoms with Crippen LogP contribution in [0.4, 0.5) is 0 Å². The Balaban J connectivity index is 1.49. The molecular weight excluding hydrogens is 356 g/mol. The number of carbonyl (C=O) groups excluding carboxylic acids is 2. The predicted molar refractivity (Wildman–Crippen MR) is 98.1 cm³/mol. The Bertz CT molecular complexity index is 678. The third-order valence-corrected chi connectivity index (χ3v) is 5.19. The smallest absolute Gasteiger partial charge is 0.258 e. The molecule has 2 saturated carbocycles. The van der Waals surface area contributed by atoms with Gasteiger partial charge >= 0.3 is 0 Å². The molecular formula is C19H25ClN2O4. The molecule has 7 heteroatoms. The molecule has 0 radical (unpaired) electrons. The highest BCUT2D eigenvalue weighted by Gasteiger charge is 2.35. The number of rotatable bonds is 6. The van der Waals surface area contributed by atoms with E-state index < -0.39 is 12.1 Å². The monoisotopic (exact) mass is 380 g/mol. The SMILES string of the molecule is Cc1cc(Cl)ccc1OCC(=O)N[C@@H]1C[C@@H](C(=O)NC2CC2)CC[C@H]1O. The molecule has 0 aliphatic heterocycles. The highest BCUT2D eigenvalue weighted by molar-refractivity contribution is 6.30. The van der Waals surface area contributed by atoms with E-state index in [9.17, 15) is 14.7 Å². The van der Waals surface area contributed by atoms with E-state index in [2.05, 4.69) is 10.6 Å². The molecule has 0 aromatic heterocycles. The van der Waals surface area contributed by atoms with Crippen LogP contribution in [-0.2, 0) is 9.59 Å². The molecule has 0 bridgehead atoms. The molecule has 142 valence electrons. The number of halogens is 1. The average Bonchev–Trinajstić information content (AvgIpc) is 3.40. The van der Waals surface area contributed by atoms with E-state index in [0.717, 1.165) is 18.4 Å². The second-order valence-corrected chi connectivity index (χ2v) is 7.67. The Hall–Kier alpha value is -1.79. The lowest BCUT2D eigenvalue weighted by Gasteiger charge is -2.33. The van der Waals surface area contributed by atoms with Crippen LogP contribution >= 0.6 is 11.6 Å². The van der Waals surface area contributed by atoms with Crippen LogP contribution in [0.15, 0.2) is 18.2 Å². The number of hydrogen-bond acceptors (Lipinski definition) is 4. The highest BCUT2D eigenvalue weighted by Crippen LogP contribution is 2.27. The zero-order valence-electron chi connectivity index (χ0n) is 14.8. The van der Waals surface area contributed by atoms with Crippen LogP contribution in [0.3, 0.4) is 0 Å². The summed E-state index contributed by atoms with van der Waals surface area (Å²) >= 11 is 5.90. The number of ether oxygens (including phenoxy) is 1. The number of aliphatic hydroxyl groups excluding tert-OH is 1. The predicted octanol–water partition coefficient (Wildman–Crippen LogP) is 1.95. The first-order valence-electron chi connectivity index (χ1n) is 9.09. The second-order valence-electron chi connectivity index (χ2n) is 7.23. The first kappa shape index (κ1) is 19.0. The zero-order valence-corrected chi connectivity index (χ0v) is 15.6. The van der Waals surface area contributed by atoms with Gasteiger partial charge < -0.3 is 20.5 Å². The Morgan fingerprint density at radius 3 is 2.69 bits per heavy atom. The molecule has 2 aliphatic carbocycles. The summed E-state index contributed by atoms with van der Waals surface area (Å²) in [5.41, 5.74) is 0.847. The zero-order chi connectivity index (χ0) is 18.7. The lowest BCUT2D eigenvalue weighted by Crippen LogP contribution is -2.50. The lowest BCUT2D eigenvalue weighted by atomic mass is 9.83. The van der Waals surface area contributed by atoms with Gasteiger partial charge in [0.25, 0.3) is 5.91 Å². The van der Waals surface area contributed by atoms with Crippen LogP contribution in [0.5, 0.6) is 5.75 Å². The number of nitrogens with one attached hydrogen (secondary N) is 2. The summed E-state index contributed by atoms with van der Waals surface area (Å²) in [6.45, 7) is 1.71. The van der Waals surface area contributed by atoms with Gasteiger partial charge in [0.1, 0.15) is 5.75 Å². The van der Waals surface area contributed by atoms with E-state index >= 15 is 0 Å². The topological polar surface area (TPSA) is 87.7 Å². The normalized spacial score (nSPS) is 25.4. The van der Waals surface area contributed by atoms with Crippen LogP contribution in [0.2, 0.25) is 5.02 Å². The largest absolute Gasteiger partial charge is 0.484 e. The second kappa shape index (κ2) is 8.27. The van der Waals surface area contributed by atoms with E-state index in [1.807, 2.05) is 6.92 Å². The fraction of sp³-hybridized carbons (Fsp3) is 0.579. The van der Waals surface area contributed by atoms with Crippen molar-refractivity contribution < 1.29 is 19.4 Å². The first-order valence-corrected chi connectivity index (χ1v) is 9.47. The van der Waals surface area contributed by atoms with E-state index in [-0.39, 0.29) is 24.3 Å². The van der Waals surface area contributed by atoms with E-state index in [0.29, 0.717) is 36.1 Å². The third-order valence-electron chi connectivity index (χ3n) is 4.95. The number of aryl methyl sites for hydroxylation is 1. The summed E-state index contributed by atoms with van der Waals surface area (Å²) in [6.07, 6.45) is 3.05. The van der Waals surface area contributed by atoms with Gasteiger partial charge in [0.05, 0.1) is 12.1 Å². The summed E-state index contributed by atoms with van der Waals surface area (Å²) in [4.78, 5) is 24.4. The Kier molecular flexibility index (Phi) is 6.04. The molecule has 26 heavy (non-hydrogen) atoms. The van der Waals surface area contributed by atoms with Crippen molar-refractivity contribution in [3.8, 4) is 5.75 Å². The van der Waals surface area contributed by atoms with Crippen LogP contribution in [0.1, 0.15) is 37.7 Å². The number of benzene rings is 1. The van der Waals surface area contributed by atoms with Gasteiger partial charge in [0.15, 0.2) is 6.61 Å². The van der Waals surface area contributed by atoms with Crippen molar-refractivity contribution in [3.05, 3.63) is 28.8 Å². The maximum absolute atomic E-state index is 12.2. The van der Waals surface area contributed by atoms with E-state index in [1.165, 1.54) is 0 Å². The average molecular weight is 381 g/mol. The van der Waals surface area contributed by atoms with Crippen LogP contribution in [-0.4, -0.2) is 41.7 Å². The van der Waals surface area contributed by atoms with Crippen molar-refractivity contribution in [3.63, 3.8) is 0 Å². The van der Waals surface area contributed by atoms with Gasteiger partial charge in [-0.3, -0.25) is 9.59 Å². The quantitative estimate of drug-likeness (QED) is 0.704. The minimum Gasteiger partial charge on any atom is -0.484 e. The van der Waals surface area contributed by atoms with Gasteiger partial charge in [0.2, 0.25) is 5.91 Å². The number of amides is 2. The molecule has 2 aliphatic rings. The minimum absolute atomic E-state index is 0.0340. The Morgan fingerprint density at radius 2 is 2.00 bits per heavy atom. The fourth-order valence-corrected chi connectivity index (χ4v) is 3.49. The van der Waals surface area contributed by atoms with Gasteiger partial charge in [-0.25, -0.2) is 0 Å². The standard InChI is InChI=1S/C19H25ClN2O4/c1-11-8-13(20)3-7-17(11)26-10-18(24)22-15-9-12(2-6-16(15)23)19(25)21-14-4-5-14/h3,7-8,12,14-16,23H,2,4-6,9-10H2,1H3,(H,21,25)(H,22,24)/t12-,15+,16+/m0/s1. The molecule has 0 heterocycles. The molecule has 0 unspecified atom stereocenters. The molecule has 2 fully saturated rings. The van der Waals surface area contributed by atoms with Crippen molar-refractivity contribution in [2.24, 2.45) is 5.92 Å². The molecule has 0 spiro atoms. The minimum atomic E-state index is -0.638. The highest BCUT2D eigenvalue weighted by atomic mass is 35.5. The van der Waals surface area contributed by atoms with Gasteiger partial charge in [-0.15, -0.1) is 0 Å². The van der Waals surface area contributed by atoms with Gasteiger partial charge in [-0.05, 0) is 62.8 Å². The number of aliphatic hydroxyl groups is 1. The molecule has 3 rings (SSSR count). The molecule has 3 N–H and O–H groups in total. The molecule has 2 amide bonds. The Labute approximate surface area is 158 Å². The molecule has 1 aromatic rings. The van der Waals surface area contributed by atoms with Gasteiger partial charge in [-0.2, -0.15) is 0 Å². The summed E-state index contributed by atoms with van der Waals surface area (Å²) in [5.74, 6) is 0.150. The first-order chi connectivity index (χ1) is 12.4. The fourth-order valence-electron chi connectivity index (χ4n) is 3.26. The maximum Gasteiger partial charge on any atom is 0.258 e. The summed E-state index contributed by atoms with van der Waals surface area (Å²) in [6, 6.07) is 5.08. The lowest BCUT2D eigenvalue weighted by molar-refractivity contribution is -0.130. The molecule has 1 aromatic carbocycles. The summed E-state index contributed by atoms with van der Waals surface area (Å²) in [5, 5.41) is 16.6. The molecule has 0 saturated heterocycles. The van der Waals surface area contributed by atoms with Crippen molar-refractivity contribution in [1.29, 1.82) is 0 Å². The number of carbonyl (C=O) groups is 2. The van der Waals surface area contributed by atoms with E-state index in [4.69, 9.17) is 16.3 Å². The van der Waals surface area contributed by atoms with Crippen LogP contribution in [0, 0.1) is 12.8 Å². The van der Waals surface area contributed by atoms with E-state index in [1.54, 1.807) is 18.2 Å². The van der Waals surface area contributed by atoms with Crippen LogP contribution in [0.25, 0.3) is 0 Å². The molecule has 3 atom stereocenters. The van der Waals surface area contributed by atoms with Crippen molar-refractivity contribution in [2.45, 2.75) is 57.2 Å². The maximum atomic E-state index is 12.2.